The third kappa shape index (κ3) is 1.74. The van der Waals surface area contributed by atoms with E-state index >= 15 is 0 Å². The van der Waals surface area contributed by atoms with Crippen molar-refractivity contribution >= 4 is 17.9 Å². The number of fused-ring (bicyclic) bond motifs is 1. The molecule has 0 amide bonds. The van der Waals surface area contributed by atoms with Crippen LogP contribution in [-0.2, 0) is 17.8 Å². The molecule has 0 bridgehead atoms. The number of benzene rings is 1. The van der Waals surface area contributed by atoms with E-state index in [0.29, 0.717) is 0 Å². The second kappa shape index (κ2) is 3.48. The minimum Gasteiger partial charge on any atom is -0.303 e. The zero-order valence-electron chi connectivity index (χ0n) is 7.09. The van der Waals surface area contributed by atoms with Crippen LogP contribution < -0.4 is 5.32 Å². The van der Waals surface area contributed by atoms with Crippen LogP contribution >= 0.6 is 11.6 Å². The van der Waals surface area contributed by atoms with Crippen molar-refractivity contribution in [2.75, 3.05) is 0 Å². The monoisotopic (exact) mass is 195 g/mol. The van der Waals surface area contributed by atoms with E-state index in [0.717, 1.165) is 24.3 Å². The molecule has 0 radical (unpaired) electrons. The molecule has 1 aromatic rings. The number of rotatable bonds is 1. The van der Waals surface area contributed by atoms with Gasteiger partial charge in [-0.05, 0) is 29.7 Å². The summed E-state index contributed by atoms with van der Waals surface area (Å²) in [6.45, 7) is 0.760. The molecule has 1 atom stereocenters. The molecule has 0 fully saturated rings. The number of carbonyl (C=O) groups is 1. The Labute approximate surface area is 81.9 Å². The number of aldehydes is 1. The minimum absolute atomic E-state index is 0.0500. The molecular formula is C10H10ClNO. The molecular weight excluding hydrogens is 186 g/mol. The van der Waals surface area contributed by atoms with Crippen molar-refractivity contribution < 1.29 is 4.79 Å². The zero-order chi connectivity index (χ0) is 9.26. The number of hydrogen-bond donors (Lipinski definition) is 1. The van der Waals surface area contributed by atoms with E-state index in [2.05, 4.69) is 5.32 Å². The van der Waals surface area contributed by atoms with Gasteiger partial charge in [0.25, 0.3) is 0 Å². The third-order valence-corrected chi connectivity index (χ3v) is 2.56. The molecule has 1 N–H and O–H groups in total. The summed E-state index contributed by atoms with van der Waals surface area (Å²) in [6.07, 6.45) is 1.70. The lowest BCUT2D eigenvalue weighted by Gasteiger charge is -2.22. The fourth-order valence-electron chi connectivity index (χ4n) is 1.60. The number of hydrogen-bond acceptors (Lipinski definition) is 2. The van der Waals surface area contributed by atoms with Crippen molar-refractivity contribution in [2.45, 2.75) is 19.0 Å². The molecule has 0 saturated carbocycles. The SMILES string of the molecule is O=CC1Cc2cc(Cl)ccc2CN1. The molecule has 1 aromatic carbocycles. The lowest BCUT2D eigenvalue weighted by molar-refractivity contribution is -0.109. The summed E-state index contributed by atoms with van der Waals surface area (Å²) in [7, 11) is 0. The van der Waals surface area contributed by atoms with Gasteiger partial charge >= 0.3 is 0 Å². The summed E-state index contributed by atoms with van der Waals surface area (Å²) in [5, 5.41) is 3.87. The lowest BCUT2D eigenvalue weighted by atomic mass is 9.97. The Balaban J connectivity index is 2.32. The average Bonchev–Trinajstić information content (AvgIpc) is 2.16. The Hall–Kier alpha value is -0.860. The molecule has 0 spiro atoms. The first-order valence-corrected chi connectivity index (χ1v) is 4.63. The van der Waals surface area contributed by atoms with Crippen molar-refractivity contribution in [2.24, 2.45) is 0 Å². The van der Waals surface area contributed by atoms with Gasteiger partial charge in [-0.3, -0.25) is 0 Å². The van der Waals surface area contributed by atoms with Gasteiger partial charge in [0.15, 0.2) is 0 Å². The Morgan fingerprint density at radius 2 is 2.31 bits per heavy atom. The quantitative estimate of drug-likeness (QED) is 0.689. The van der Waals surface area contributed by atoms with Crippen LogP contribution in [0.5, 0.6) is 0 Å². The largest absolute Gasteiger partial charge is 0.303 e. The Morgan fingerprint density at radius 1 is 1.46 bits per heavy atom. The predicted molar refractivity (Wildman–Crippen MR) is 51.8 cm³/mol. The van der Waals surface area contributed by atoms with Crippen LogP contribution in [0.2, 0.25) is 5.02 Å². The van der Waals surface area contributed by atoms with Crippen molar-refractivity contribution in [1.29, 1.82) is 0 Å². The Bertz CT molecular complexity index is 338. The first kappa shape index (κ1) is 8.73. The smallest absolute Gasteiger partial charge is 0.137 e. The van der Waals surface area contributed by atoms with Crippen LogP contribution in [-0.4, -0.2) is 12.3 Å². The van der Waals surface area contributed by atoms with E-state index in [1.54, 1.807) is 0 Å². The maximum atomic E-state index is 10.6. The van der Waals surface area contributed by atoms with Crippen LogP contribution in [0, 0.1) is 0 Å². The Kier molecular flexibility index (Phi) is 2.34. The fraction of sp³-hybridized carbons (Fsp3) is 0.300. The molecule has 1 unspecified atom stereocenters. The average molecular weight is 196 g/mol. The summed E-state index contributed by atoms with van der Waals surface area (Å²) in [6, 6.07) is 5.77. The first-order valence-electron chi connectivity index (χ1n) is 4.25. The lowest BCUT2D eigenvalue weighted by Crippen LogP contribution is -2.36. The van der Waals surface area contributed by atoms with Gasteiger partial charge in [0.1, 0.15) is 6.29 Å². The molecule has 2 nitrogen and oxygen atoms in total. The van der Waals surface area contributed by atoms with E-state index in [1.807, 2.05) is 18.2 Å². The molecule has 1 aliphatic rings. The van der Waals surface area contributed by atoms with Gasteiger partial charge in [-0.15, -0.1) is 0 Å². The van der Waals surface area contributed by atoms with E-state index in [-0.39, 0.29) is 6.04 Å². The van der Waals surface area contributed by atoms with Crippen LogP contribution in [0.1, 0.15) is 11.1 Å². The molecule has 1 heterocycles. The fourth-order valence-corrected chi connectivity index (χ4v) is 1.80. The number of carbonyl (C=O) groups excluding carboxylic acids is 1. The summed E-state index contributed by atoms with van der Waals surface area (Å²) in [5.41, 5.74) is 2.42. The highest BCUT2D eigenvalue weighted by Gasteiger charge is 2.16. The highest BCUT2D eigenvalue weighted by Crippen LogP contribution is 2.20. The standard InChI is InChI=1S/C10H10ClNO/c11-9-2-1-7-5-12-10(6-13)4-8(7)3-9/h1-3,6,10,12H,4-5H2. The van der Waals surface area contributed by atoms with Crippen molar-refractivity contribution in [3.8, 4) is 0 Å². The van der Waals surface area contributed by atoms with Crippen molar-refractivity contribution in [3.63, 3.8) is 0 Å². The van der Waals surface area contributed by atoms with E-state index < -0.39 is 0 Å². The zero-order valence-corrected chi connectivity index (χ0v) is 7.84. The molecule has 13 heavy (non-hydrogen) atoms. The van der Waals surface area contributed by atoms with E-state index in [1.165, 1.54) is 11.1 Å². The molecule has 68 valence electrons. The molecule has 3 heteroatoms. The van der Waals surface area contributed by atoms with Crippen molar-refractivity contribution in [3.05, 3.63) is 34.3 Å². The first-order chi connectivity index (χ1) is 6.29. The van der Waals surface area contributed by atoms with Gasteiger partial charge in [-0.1, -0.05) is 17.7 Å². The summed E-state index contributed by atoms with van der Waals surface area (Å²) in [4.78, 5) is 10.6. The topological polar surface area (TPSA) is 29.1 Å². The summed E-state index contributed by atoms with van der Waals surface area (Å²) < 4.78 is 0. The van der Waals surface area contributed by atoms with Crippen LogP contribution in [0.15, 0.2) is 18.2 Å². The van der Waals surface area contributed by atoms with Gasteiger partial charge in [0.2, 0.25) is 0 Å². The second-order valence-corrected chi connectivity index (χ2v) is 3.68. The normalized spacial score (nSPS) is 20.8. The highest BCUT2D eigenvalue weighted by atomic mass is 35.5. The molecule has 2 rings (SSSR count). The van der Waals surface area contributed by atoms with Crippen molar-refractivity contribution in [1.82, 2.24) is 5.32 Å². The number of nitrogens with one attached hydrogen (secondary N) is 1. The van der Waals surface area contributed by atoms with Gasteiger partial charge in [0, 0.05) is 11.6 Å². The second-order valence-electron chi connectivity index (χ2n) is 3.24. The van der Waals surface area contributed by atoms with Crippen LogP contribution in [0.25, 0.3) is 0 Å². The molecule has 0 saturated heterocycles. The Morgan fingerprint density at radius 3 is 3.08 bits per heavy atom. The molecule has 0 aliphatic carbocycles. The van der Waals surface area contributed by atoms with E-state index in [9.17, 15) is 4.79 Å². The minimum atomic E-state index is -0.0500. The summed E-state index contributed by atoms with van der Waals surface area (Å²) in [5.74, 6) is 0. The molecule has 1 aliphatic heterocycles. The van der Waals surface area contributed by atoms with E-state index in [4.69, 9.17) is 11.6 Å². The predicted octanol–water partition coefficient (Wildman–Crippen LogP) is 1.55. The van der Waals surface area contributed by atoms with Gasteiger partial charge < -0.3 is 10.1 Å². The van der Waals surface area contributed by atoms with Gasteiger partial charge in [0.05, 0.1) is 6.04 Å². The highest BCUT2D eigenvalue weighted by molar-refractivity contribution is 6.30. The van der Waals surface area contributed by atoms with Crippen LogP contribution in [0.3, 0.4) is 0 Å². The molecule has 0 aromatic heterocycles. The maximum Gasteiger partial charge on any atom is 0.137 e. The van der Waals surface area contributed by atoms with Gasteiger partial charge in [-0.2, -0.15) is 0 Å². The third-order valence-electron chi connectivity index (χ3n) is 2.33. The number of halogens is 1. The van der Waals surface area contributed by atoms with Gasteiger partial charge in [-0.25, -0.2) is 0 Å². The maximum absolute atomic E-state index is 10.6. The summed E-state index contributed by atoms with van der Waals surface area (Å²) >= 11 is 5.86. The van der Waals surface area contributed by atoms with Crippen LogP contribution in [0.4, 0.5) is 0 Å².